The standard InChI is InChI=1S/C12H24N4/c1-9(2)7-15-11(5)14-16(8-10(3)4)12(6)13-15/h9-10H,7-8H2,1-6H3. The monoisotopic (exact) mass is 224 g/mol. The Balaban J connectivity index is 2.71. The molecule has 0 bridgehead atoms. The van der Waals surface area contributed by atoms with Crippen LogP contribution in [-0.2, 0) is 0 Å². The fraction of sp³-hybridized carbons (Fsp3) is 0.833. The fourth-order valence-corrected chi connectivity index (χ4v) is 1.63. The van der Waals surface area contributed by atoms with E-state index in [1.165, 1.54) is 0 Å². The highest BCUT2D eigenvalue weighted by Gasteiger charge is 2.18. The molecule has 1 aliphatic rings. The summed E-state index contributed by atoms with van der Waals surface area (Å²) in [4.78, 5) is 0. The molecule has 1 aliphatic heterocycles. The van der Waals surface area contributed by atoms with Crippen molar-refractivity contribution in [2.75, 3.05) is 13.1 Å². The van der Waals surface area contributed by atoms with Crippen molar-refractivity contribution < 1.29 is 0 Å². The summed E-state index contributed by atoms with van der Waals surface area (Å²) in [6.07, 6.45) is 0. The van der Waals surface area contributed by atoms with Gasteiger partial charge in [0.2, 0.25) is 0 Å². The Bertz CT molecular complexity index is 261. The molecule has 0 saturated carbocycles. The van der Waals surface area contributed by atoms with Crippen molar-refractivity contribution in [3.8, 4) is 0 Å². The zero-order valence-electron chi connectivity index (χ0n) is 11.4. The molecule has 0 fully saturated rings. The van der Waals surface area contributed by atoms with E-state index in [2.05, 4.69) is 37.9 Å². The van der Waals surface area contributed by atoms with Crippen LogP contribution in [0, 0.1) is 11.8 Å². The topological polar surface area (TPSA) is 31.2 Å². The second-order valence-electron chi connectivity index (χ2n) is 5.25. The molecule has 0 atom stereocenters. The number of hydrazone groups is 2. The third-order valence-corrected chi connectivity index (χ3v) is 2.35. The SMILES string of the molecule is CC1=NN(CC(C)C)C(C)=NN1CC(C)C. The molecule has 1 heterocycles. The van der Waals surface area contributed by atoms with Gasteiger partial charge < -0.3 is 0 Å². The zero-order chi connectivity index (χ0) is 12.3. The predicted octanol–water partition coefficient (Wildman–Crippen LogP) is 2.58. The Morgan fingerprint density at radius 2 is 1.12 bits per heavy atom. The van der Waals surface area contributed by atoms with Gasteiger partial charge in [0.1, 0.15) is 11.7 Å². The molecule has 4 nitrogen and oxygen atoms in total. The molecule has 0 saturated heterocycles. The molecule has 16 heavy (non-hydrogen) atoms. The molecular weight excluding hydrogens is 200 g/mol. The first-order valence-corrected chi connectivity index (χ1v) is 6.05. The molecule has 0 N–H and O–H groups in total. The highest BCUT2D eigenvalue weighted by atomic mass is 15.6. The van der Waals surface area contributed by atoms with Crippen LogP contribution in [0.15, 0.2) is 10.2 Å². The van der Waals surface area contributed by atoms with E-state index in [1.54, 1.807) is 0 Å². The van der Waals surface area contributed by atoms with Crippen LogP contribution in [0.5, 0.6) is 0 Å². The average Bonchev–Trinajstić information content (AvgIpc) is 2.11. The van der Waals surface area contributed by atoms with E-state index in [1.807, 2.05) is 23.9 Å². The summed E-state index contributed by atoms with van der Waals surface area (Å²) in [6, 6.07) is 0. The minimum absolute atomic E-state index is 0.596. The van der Waals surface area contributed by atoms with Crippen LogP contribution >= 0.6 is 0 Å². The van der Waals surface area contributed by atoms with Gasteiger partial charge in [-0.3, -0.25) is 0 Å². The van der Waals surface area contributed by atoms with E-state index in [-0.39, 0.29) is 0 Å². The Kier molecular flexibility index (Phi) is 4.33. The van der Waals surface area contributed by atoms with Crippen molar-refractivity contribution in [3.05, 3.63) is 0 Å². The minimum atomic E-state index is 0.596. The number of nitrogens with zero attached hydrogens (tertiary/aromatic N) is 4. The van der Waals surface area contributed by atoms with Crippen molar-refractivity contribution in [1.29, 1.82) is 0 Å². The molecule has 0 aromatic carbocycles. The Labute approximate surface area is 99.0 Å². The molecule has 0 amide bonds. The lowest BCUT2D eigenvalue weighted by atomic mass is 10.2. The molecule has 0 aromatic heterocycles. The lowest BCUT2D eigenvalue weighted by molar-refractivity contribution is 0.309. The van der Waals surface area contributed by atoms with Gasteiger partial charge in [0, 0.05) is 13.1 Å². The van der Waals surface area contributed by atoms with Gasteiger partial charge in [-0.2, -0.15) is 10.2 Å². The van der Waals surface area contributed by atoms with Gasteiger partial charge in [0.05, 0.1) is 0 Å². The summed E-state index contributed by atoms with van der Waals surface area (Å²) in [5.74, 6) is 3.16. The maximum atomic E-state index is 4.58. The molecule has 0 aromatic rings. The van der Waals surface area contributed by atoms with Crippen molar-refractivity contribution in [3.63, 3.8) is 0 Å². The normalized spacial score (nSPS) is 17.0. The van der Waals surface area contributed by atoms with Crippen molar-refractivity contribution >= 4 is 11.7 Å². The van der Waals surface area contributed by atoms with Gasteiger partial charge in [-0.05, 0) is 25.7 Å². The van der Waals surface area contributed by atoms with Crippen LogP contribution in [0.2, 0.25) is 0 Å². The maximum absolute atomic E-state index is 4.58. The van der Waals surface area contributed by atoms with Crippen LogP contribution in [-0.4, -0.2) is 34.8 Å². The Morgan fingerprint density at radius 1 is 0.812 bits per heavy atom. The molecular formula is C12H24N4. The first-order valence-electron chi connectivity index (χ1n) is 6.05. The number of amidine groups is 2. The Hall–Kier alpha value is -1.06. The van der Waals surface area contributed by atoms with E-state index in [0.717, 1.165) is 24.8 Å². The molecule has 0 aliphatic carbocycles. The Morgan fingerprint density at radius 3 is 1.38 bits per heavy atom. The third kappa shape index (κ3) is 3.51. The molecule has 0 radical (unpaired) electrons. The second-order valence-corrected chi connectivity index (χ2v) is 5.25. The van der Waals surface area contributed by atoms with Crippen LogP contribution in [0.25, 0.3) is 0 Å². The molecule has 92 valence electrons. The van der Waals surface area contributed by atoms with Gasteiger partial charge in [-0.25, -0.2) is 10.0 Å². The molecule has 0 spiro atoms. The van der Waals surface area contributed by atoms with E-state index in [4.69, 9.17) is 0 Å². The van der Waals surface area contributed by atoms with Gasteiger partial charge in [-0.15, -0.1) is 0 Å². The maximum Gasteiger partial charge on any atom is 0.142 e. The summed E-state index contributed by atoms with van der Waals surface area (Å²) in [6.45, 7) is 14.7. The van der Waals surface area contributed by atoms with Crippen molar-refractivity contribution in [2.45, 2.75) is 41.5 Å². The van der Waals surface area contributed by atoms with Gasteiger partial charge >= 0.3 is 0 Å². The van der Waals surface area contributed by atoms with Crippen LogP contribution in [0.1, 0.15) is 41.5 Å². The first kappa shape index (κ1) is 13.0. The van der Waals surface area contributed by atoms with E-state index >= 15 is 0 Å². The van der Waals surface area contributed by atoms with Gasteiger partial charge in [0.15, 0.2) is 0 Å². The van der Waals surface area contributed by atoms with Crippen LogP contribution in [0.3, 0.4) is 0 Å². The van der Waals surface area contributed by atoms with Crippen LogP contribution in [0.4, 0.5) is 0 Å². The summed E-state index contributed by atoms with van der Waals surface area (Å²) >= 11 is 0. The minimum Gasteiger partial charge on any atom is -0.248 e. The number of hydrogen-bond donors (Lipinski definition) is 0. The third-order valence-electron chi connectivity index (χ3n) is 2.35. The smallest absolute Gasteiger partial charge is 0.142 e. The average molecular weight is 224 g/mol. The molecule has 4 heteroatoms. The van der Waals surface area contributed by atoms with Gasteiger partial charge in [0.25, 0.3) is 0 Å². The summed E-state index contributed by atoms with van der Waals surface area (Å²) < 4.78 is 0. The largest absolute Gasteiger partial charge is 0.248 e. The highest BCUT2D eigenvalue weighted by molar-refractivity contribution is 5.88. The van der Waals surface area contributed by atoms with E-state index in [9.17, 15) is 0 Å². The highest BCUT2D eigenvalue weighted by Crippen LogP contribution is 2.11. The van der Waals surface area contributed by atoms with Gasteiger partial charge in [-0.1, -0.05) is 27.7 Å². The molecule has 1 rings (SSSR count). The number of rotatable bonds is 4. The lowest BCUT2D eigenvalue weighted by Gasteiger charge is -2.31. The van der Waals surface area contributed by atoms with Crippen molar-refractivity contribution in [1.82, 2.24) is 10.0 Å². The summed E-state index contributed by atoms with van der Waals surface area (Å²) in [7, 11) is 0. The zero-order valence-corrected chi connectivity index (χ0v) is 11.4. The molecule has 0 unspecified atom stereocenters. The summed E-state index contributed by atoms with van der Waals surface area (Å²) in [5, 5.41) is 13.2. The predicted molar refractivity (Wildman–Crippen MR) is 69.3 cm³/mol. The lowest BCUT2D eigenvalue weighted by Crippen LogP contribution is -2.40. The second kappa shape index (κ2) is 5.32. The summed E-state index contributed by atoms with van der Waals surface area (Å²) in [5.41, 5.74) is 0. The number of hydrogen-bond acceptors (Lipinski definition) is 4. The van der Waals surface area contributed by atoms with Crippen LogP contribution < -0.4 is 0 Å². The quantitative estimate of drug-likeness (QED) is 0.735. The van der Waals surface area contributed by atoms with E-state index < -0.39 is 0 Å². The fourth-order valence-electron chi connectivity index (χ4n) is 1.63. The first-order chi connectivity index (χ1) is 7.40. The van der Waals surface area contributed by atoms with Crippen molar-refractivity contribution in [2.24, 2.45) is 22.0 Å². The van der Waals surface area contributed by atoms with E-state index in [0.29, 0.717) is 11.8 Å².